The van der Waals surface area contributed by atoms with Gasteiger partial charge in [-0.25, -0.2) is 0 Å². The number of thiophene rings is 1. The Morgan fingerprint density at radius 3 is 2.75 bits per heavy atom. The number of aryl methyl sites for hydroxylation is 1. The first-order valence-corrected chi connectivity index (χ1v) is 9.49. The van der Waals surface area contributed by atoms with Crippen molar-refractivity contribution < 1.29 is 9.90 Å². The van der Waals surface area contributed by atoms with Gasteiger partial charge in [0.15, 0.2) is 0 Å². The Hall–Kier alpha value is -1.42. The number of nitriles is 1. The molecule has 0 saturated heterocycles. The normalized spacial score (nSPS) is 16.8. The summed E-state index contributed by atoms with van der Waals surface area (Å²) >= 11 is 1.56. The van der Waals surface area contributed by atoms with Crippen molar-refractivity contribution in [2.45, 2.75) is 64.5 Å². The van der Waals surface area contributed by atoms with Crippen LogP contribution >= 0.6 is 11.3 Å². The number of amides is 1. The number of nitrogens with one attached hydrogen (secondary N) is 1. The highest BCUT2D eigenvalue weighted by Crippen LogP contribution is 2.37. The maximum atomic E-state index is 12.5. The first-order valence-electron chi connectivity index (χ1n) is 8.67. The van der Waals surface area contributed by atoms with Crippen LogP contribution in [0.25, 0.3) is 0 Å². The van der Waals surface area contributed by atoms with Gasteiger partial charge in [0.2, 0.25) is 5.91 Å². The van der Waals surface area contributed by atoms with Crippen LogP contribution in [-0.4, -0.2) is 41.7 Å². The Labute approximate surface area is 148 Å². The number of rotatable bonds is 6. The van der Waals surface area contributed by atoms with E-state index < -0.39 is 0 Å². The van der Waals surface area contributed by atoms with Crippen molar-refractivity contribution >= 4 is 22.2 Å². The summed E-state index contributed by atoms with van der Waals surface area (Å²) in [6.45, 7) is 4.25. The van der Waals surface area contributed by atoms with Gasteiger partial charge in [0, 0.05) is 11.4 Å². The molecule has 2 rings (SSSR count). The quantitative estimate of drug-likeness (QED) is 0.774. The molecule has 1 aliphatic carbocycles. The number of likely N-dealkylation sites (N-methyl/N-ethyl adjacent to an activating group) is 1. The average molecular weight is 350 g/mol. The molecule has 0 spiro atoms. The third kappa shape index (κ3) is 4.56. The Morgan fingerprint density at radius 1 is 1.38 bits per heavy atom. The molecule has 24 heavy (non-hydrogen) atoms. The molecule has 2 unspecified atom stereocenters. The van der Waals surface area contributed by atoms with E-state index in [1.165, 1.54) is 11.3 Å². The van der Waals surface area contributed by atoms with Crippen LogP contribution in [0.3, 0.4) is 0 Å². The molecule has 1 aromatic rings. The molecule has 1 aromatic heterocycles. The smallest absolute Gasteiger partial charge is 0.242 e. The van der Waals surface area contributed by atoms with E-state index in [1.807, 2.05) is 18.9 Å². The Bertz CT molecular complexity index is 619. The minimum absolute atomic E-state index is 0.101. The van der Waals surface area contributed by atoms with E-state index in [0.29, 0.717) is 23.5 Å². The first kappa shape index (κ1) is 18.9. The summed E-state index contributed by atoms with van der Waals surface area (Å²) in [7, 11) is 1.88. The third-order valence-corrected chi connectivity index (χ3v) is 5.92. The second-order valence-electron chi connectivity index (χ2n) is 6.66. The monoisotopic (exact) mass is 349 g/mol. The molecule has 1 amide bonds. The van der Waals surface area contributed by atoms with Gasteiger partial charge in [-0.2, -0.15) is 5.26 Å². The maximum Gasteiger partial charge on any atom is 0.242 e. The van der Waals surface area contributed by atoms with E-state index in [0.717, 1.165) is 31.2 Å². The molecule has 0 radical (unpaired) electrons. The van der Waals surface area contributed by atoms with Crippen molar-refractivity contribution in [2.24, 2.45) is 0 Å². The number of nitrogens with zero attached hydrogens (tertiary/aromatic N) is 2. The zero-order chi connectivity index (χ0) is 17.7. The predicted octanol–water partition coefficient (Wildman–Crippen LogP) is 2.92. The molecule has 2 atom stereocenters. The number of anilines is 1. The van der Waals surface area contributed by atoms with Gasteiger partial charge in [-0.1, -0.05) is 6.42 Å². The Balaban J connectivity index is 2.07. The van der Waals surface area contributed by atoms with Gasteiger partial charge in [0.1, 0.15) is 11.1 Å². The molecule has 5 nitrogen and oxygen atoms in total. The van der Waals surface area contributed by atoms with Crippen molar-refractivity contribution in [1.29, 1.82) is 5.26 Å². The van der Waals surface area contributed by atoms with Crippen molar-refractivity contribution in [3.63, 3.8) is 0 Å². The molecule has 0 aromatic carbocycles. The summed E-state index contributed by atoms with van der Waals surface area (Å²) in [6, 6.07) is 1.99. The number of fused-ring (bicyclic) bond motifs is 1. The van der Waals surface area contributed by atoms with Crippen LogP contribution in [0.4, 0.5) is 5.00 Å². The molecule has 0 fully saturated rings. The van der Waals surface area contributed by atoms with Gasteiger partial charge in [0.05, 0.1) is 17.7 Å². The Morgan fingerprint density at radius 2 is 2.08 bits per heavy atom. The lowest BCUT2D eigenvalue weighted by Crippen LogP contribution is -2.40. The van der Waals surface area contributed by atoms with Crippen LogP contribution in [0.15, 0.2) is 0 Å². The van der Waals surface area contributed by atoms with Gasteiger partial charge >= 0.3 is 0 Å². The van der Waals surface area contributed by atoms with Crippen LogP contribution in [0, 0.1) is 11.3 Å². The molecular formula is C18H27N3O2S. The number of carbonyl (C=O) groups excluding carboxylic acids is 1. The number of aliphatic hydroxyl groups is 1. The molecular weight excluding hydrogens is 322 g/mol. The van der Waals surface area contributed by atoms with Gasteiger partial charge in [-0.15, -0.1) is 11.3 Å². The summed E-state index contributed by atoms with van der Waals surface area (Å²) in [5.41, 5.74) is 1.80. The predicted molar refractivity (Wildman–Crippen MR) is 97.3 cm³/mol. The highest BCUT2D eigenvalue weighted by atomic mass is 32.1. The Kier molecular flexibility index (Phi) is 6.79. The second-order valence-corrected chi connectivity index (χ2v) is 7.77. The van der Waals surface area contributed by atoms with Crippen molar-refractivity contribution in [2.75, 3.05) is 18.9 Å². The number of hydrogen-bond donors (Lipinski definition) is 2. The van der Waals surface area contributed by atoms with Crippen molar-refractivity contribution in [3.8, 4) is 6.07 Å². The molecule has 2 N–H and O–H groups in total. The summed E-state index contributed by atoms with van der Waals surface area (Å²) < 4.78 is 0. The zero-order valence-corrected chi connectivity index (χ0v) is 15.6. The van der Waals surface area contributed by atoms with Crippen LogP contribution in [0.5, 0.6) is 0 Å². The van der Waals surface area contributed by atoms with Gasteiger partial charge in [-0.05, 0) is 58.6 Å². The lowest BCUT2D eigenvalue weighted by Gasteiger charge is -2.24. The van der Waals surface area contributed by atoms with E-state index >= 15 is 0 Å². The lowest BCUT2D eigenvalue weighted by molar-refractivity contribution is -0.120. The van der Waals surface area contributed by atoms with E-state index in [4.69, 9.17) is 0 Å². The van der Waals surface area contributed by atoms with Gasteiger partial charge in [-0.3, -0.25) is 9.69 Å². The fourth-order valence-corrected chi connectivity index (χ4v) is 4.19. The molecule has 1 aliphatic rings. The highest BCUT2D eigenvalue weighted by Gasteiger charge is 2.24. The van der Waals surface area contributed by atoms with Crippen LogP contribution in [-0.2, 0) is 17.6 Å². The largest absolute Gasteiger partial charge is 0.393 e. The summed E-state index contributed by atoms with van der Waals surface area (Å²) in [4.78, 5) is 15.7. The standard InChI is InChI=1S/C18H27N3O2S/c1-12(22)9-10-21(3)13(2)17(23)20-18-15(11-19)14-7-5-4-6-8-16(14)24-18/h12-13,22H,4-10H2,1-3H3,(H,20,23). The number of aliphatic hydroxyl groups excluding tert-OH is 1. The van der Waals surface area contributed by atoms with Crippen LogP contribution < -0.4 is 5.32 Å². The minimum Gasteiger partial charge on any atom is -0.393 e. The van der Waals surface area contributed by atoms with Crippen molar-refractivity contribution in [3.05, 3.63) is 16.0 Å². The summed E-state index contributed by atoms with van der Waals surface area (Å²) in [5, 5.41) is 22.6. The minimum atomic E-state index is -0.374. The number of hydrogen-bond acceptors (Lipinski definition) is 5. The zero-order valence-electron chi connectivity index (χ0n) is 14.8. The fourth-order valence-electron chi connectivity index (χ4n) is 2.95. The van der Waals surface area contributed by atoms with E-state index in [2.05, 4.69) is 11.4 Å². The fraction of sp³-hybridized carbons (Fsp3) is 0.667. The number of carbonyl (C=O) groups is 1. The van der Waals surface area contributed by atoms with E-state index in [9.17, 15) is 15.2 Å². The summed E-state index contributed by atoms with van der Waals surface area (Å²) in [6.07, 6.45) is 5.68. The average Bonchev–Trinajstić information content (AvgIpc) is 2.71. The van der Waals surface area contributed by atoms with Gasteiger partial charge in [0.25, 0.3) is 0 Å². The van der Waals surface area contributed by atoms with Crippen LogP contribution in [0.2, 0.25) is 0 Å². The molecule has 0 aliphatic heterocycles. The SMILES string of the molecule is CC(O)CCN(C)C(C)C(=O)Nc1sc2c(c1C#N)CCCCC2. The molecule has 0 saturated carbocycles. The second kappa shape index (κ2) is 8.61. The topological polar surface area (TPSA) is 76.4 Å². The maximum absolute atomic E-state index is 12.5. The van der Waals surface area contributed by atoms with Crippen molar-refractivity contribution in [1.82, 2.24) is 4.90 Å². The molecule has 1 heterocycles. The summed E-state index contributed by atoms with van der Waals surface area (Å²) in [5.74, 6) is -0.101. The van der Waals surface area contributed by atoms with Crippen LogP contribution in [0.1, 0.15) is 55.5 Å². The lowest BCUT2D eigenvalue weighted by atomic mass is 10.1. The first-order chi connectivity index (χ1) is 11.4. The van der Waals surface area contributed by atoms with E-state index in [-0.39, 0.29) is 18.1 Å². The molecule has 6 heteroatoms. The third-order valence-electron chi connectivity index (χ3n) is 4.71. The van der Waals surface area contributed by atoms with E-state index in [1.54, 1.807) is 18.3 Å². The highest BCUT2D eigenvalue weighted by molar-refractivity contribution is 7.16. The van der Waals surface area contributed by atoms with Gasteiger partial charge < -0.3 is 10.4 Å². The molecule has 0 bridgehead atoms. The molecule has 132 valence electrons.